The number of fused-ring (bicyclic) bond motifs is 3. The number of H-pyrrole nitrogens is 1. The van der Waals surface area contributed by atoms with E-state index in [9.17, 15) is 4.79 Å². The van der Waals surface area contributed by atoms with E-state index < -0.39 is 6.04 Å². The highest BCUT2D eigenvalue weighted by atomic mass is 35.5. The highest BCUT2D eigenvalue weighted by Crippen LogP contribution is 2.35. The molecule has 10 heteroatoms. The van der Waals surface area contributed by atoms with Gasteiger partial charge in [0, 0.05) is 32.8 Å². The van der Waals surface area contributed by atoms with Crippen molar-refractivity contribution in [3.8, 4) is 0 Å². The number of anilines is 1. The third-order valence-corrected chi connectivity index (χ3v) is 6.46. The van der Waals surface area contributed by atoms with Crippen LogP contribution in [0.3, 0.4) is 0 Å². The summed E-state index contributed by atoms with van der Waals surface area (Å²) in [5.74, 6) is -0.107. The normalized spacial score (nSPS) is 15.8. The van der Waals surface area contributed by atoms with Gasteiger partial charge in [-0.15, -0.1) is 0 Å². The van der Waals surface area contributed by atoms with Crippen LogP contribution in [-0.4, -0.2) is 60.6 Å². The molecule has 0 radical (unpaired) electrons. The van der Waals surface area contributed by atoms with Crippen molar-refractivity contribution in [1.29, 1.82) is 0 Å². The maximum atomic E-state index is 13.9. The van der Waals surface area contributed by atoms with Crippen LogP contribution in [0.1, 0.15) is 33.5 Å². The number of amides is 1. The average Bonchev–Trinajstić information content (AvgIpc) is 3.55. The van der Waals surface area contributed by atoms with Crippen LogP contribution in [-0.2, 0) is 6.42 Å². The monoisotopic (exact) mass is 460 g/mol. The fraction of sp³-hybridized carbons (Fsp3) is 0.217. The summed E-state index contributed by atoms with van der Waals surface area (Å²) in [7, 11) is 3.94. The molecule has 166 valence electrons. The minimum Gasteiger partial charge on any atom is -0.376 e. The Morgan fingerprint density at radius 1 is 1.24 bits per heavy atom. The predicted molar refractivity (Wildman–Crippen MR) is 125 cm³/mol. The molecule has 0 spiro atoms. The Balaban J connectivity index is 1.46. The van der Waals surface area contributed by atoms with Gasteiger partial charge >= 0.3 is 0 Å². The number of halogens is 1. The number of aromatic amines is 1. The van der Waals surface area contributed by atoms with Crippen LogP contribution in [0.2, 0.25) is 5.15 Å². The summed E-state index contributed by atoms with van der Waals surface area (Å²) in [6.07, 6.45) is 5.91. The number of imidazole rings is 1. The van der Waals surface area contributed by atoms with Crippen molar-refractivity contribution in [3.63, 3.8) is 0 Å². The number of hydrogen-bond donors (Lipinski definition) is 1. The van der Waals surface area contributed by atoms with Crippen molar-refractivity contribution in [1.82, 2.24) is 34.1 Å². The molecule has 0 fully saturated rings. The molecule has 9 nitrogen and oxygen atoms in total. The third-order valence-electron chi connectivity index (χ3n) is 6.17. The van der Waals surface area contributed by atoms with Gasteiger partial charge in [0.2, 0.25) is 0 Å². The minimum absolute atomic E-state index is 0.107. The van der Waals surface area contributed by atoms with Crippen LogP contribution in [0.5, 0.6) is 0 Å². The fourth-order valence-electron chi connectivity index (χ4n) is 4.49. The van der Waals surface area contributed by atoms with E-state index in [1.54, 1.807) is 27.6 Å². The van der Waals surface area contributed by atoms with Crippen LogP contribution in [0.25, 0.3) is 11.0 Å². The summed E-state index contributed by atoms with van der Waals surface area (Å²) < 4.78 is 3.42. The number of aromatic nitrogens is 6. The van der Waals surface area contributed by atoms with Crippen LogP contribution < -0.4 is 4.90 Å². The van der Waals surface area contributed by atoms with Gasteiger partial charge in [0.15, 0.2) is 0 Å². The minimum atomic E-state index is -0.431. The Hall–Kier alpha value is -3.85. The number of pyridine rings is 2. The first-order valence-corrected chi connectivity index (χ1v) is 11.0. The second-order valence-corrected chi connectivity index (χ2v) is 8.73. The third kappa shape index (κ3) is 3.07. The van der Waals surface area contributed by atoms with Gasteiger partial charge in [0.05, 0.1) is 52.4 Å². The molecule has 6 heterocycles. The predicted octanol–water partition coefficient (Wildman–Crippen LogP) is 3.21. The molecule has 0 unspecified atom stereocenters. The van der Waals surface area contributed by atoms with Crippen molar-refractivity contribution in [2.75, 3.05) is 25.5 Å². The molecule has 1 atom stereocenters. The van der Waals surface area contributed by atoms with E-state index in [4.69, 9.17) is 16.7 Å². The number of carbonyl (C=O) groups is 1. The lowest BCUT2D eigenvalue weighted by atomic mass is 9.98. The molecule has 0 aliphatic carbocycles. The lowest BCUT2D eigenvalue weighted by Gasteiger charge is -2.33. The van der Waals surface area contributed by atoms with Crippen molar-refractivity contribution in [3.05, 3.63) is 82.9 Å². The SMILES string of the molecule is CN(C)c1ccc2c(C(=O)N3CCc4[nH]cnc4[C@@H]3c3cc4cccc(Cl)n4n3)cnn2c1. The largest absolute Gasteiger partial charge is 0.376 e. The zero-order valence-electron chi connectivity index (χ0n) is 18.1. The van der Waals surface area contributed by atoms with Crippen molar-refractivity contribution in [2.45, 2.75) is 12.5 Å². The quantitative estimate of drug-likeness (QED) is 0.418. The second kappa shape index (κ2) is 7.35. The molecule has 33 heavy (non-hydrogen) atoms. The van der Waals surface area contributed by atoms with Gasteiger partial charge in [-0.2, -0.15) is 10.2 Å². The Bertz CT molecular complexity index is 1510. The van der Waals surface area contributed by atoms with E-state index in [2.05, 4.69) is 15.1 Å². The van der Waals surface area contributed by atoms with Crippen molar-refractivity contribution >= 4 is 34.2 Å². The van der Waals surface area contributed by atoms with Gasteiger partial charge in [0.1, 0.15) is 11.2 Å². The van der Waals surface area contributed by atoms with E-state index in [0.29, 0.717) is 23.7 Å². The van der Waals surface area contributed by atoms with E-state index in [1.807, 2.05) is 60.4 Å². The lowest BCUT2D eigenvalue weighted by molar-refractivity contribution is 0.0689. The number of nitrogens with zero attached hydrogens (tertiary/aromatic N) is 7. The van der Waals surface area contributed by atoms with Gasteiger partial charge < -0.3 is 14.8 Å². The highest BCUT2D eigenvalue weighted by molar-refractivity contribution is 6.29. The Morgan fingerprint density at radius 2 is 2.12 bits per heavy atom. The molecule has 1 amide bonds. The first-order valence-electron chi connectivity index (χ1n) is 10.6. The summed E-state index contributed by atoms with van der Waals surface area (Å²) in [5.41, 5.74) is 5.71. The number of hydrogen-bond acceptors (Lipinski definition) is 5. The van der Waals surface area contributed by atoms with E-state index in [0.717, 1.165) is 33.8 Å². The highest BCUT2D eigenvalue weighted by Gasteiger charge is 2.37. The molecular formula is C23H21ClN8O. The van der Waals surface area contributed by atoms with Gasteiger partial charge in [-0.05, 0) is 30.3 Å². The summed E-state index contributed by atoms with van der Waals surface area (Å²) in [5, 5.41) is 9.68. The fourth-order valence-corrected chi connectivity index (χ4v) is 4.70. The van der Waals surface area contributed by atoms with Crippen LogP contribution in [0.4, 0.5) is 5.69 Å². The number of carbonyl (C=O) groups excluding carboxylic acids is 1. The van der Waals surface area contributed by atoms with E-state index >= 15 is 0 Å². The zero-order valence-corrected chi connectivity index (χ0v) is 18.9. The molecule has 1 aliphatic rings. The second-order valence-electron chi connectivity index (χ2n) is 8.34. The molecule has 6 rings (SSSR count). The standard InChI is InChI=1S/C23H21ClN8O/c1-29(2)15-6-7-19-16(11-27-31(19)12-15)23(33)30-9-8-17-21(26-13-25-17)22(30)18-10-14-4-3-5-20(24)32(14)28-18/h3-7,10-13,22H,8-9H2,1-2H3,(H,25,26)/t22-/m0/s1. The molecule has 0 bridgehead atoms. The van der Waals surface area contributed by atoms with Crippen molar-refractivity contribution in [2.24, 2.45) is 0 Å². The van der Waals surface area contributed by atoms with Gasteiger partial charge in [0.25, 0.3) is 5.91 Å². The first-order chi connectivity index (χ1) is 16.0. The first kappa shape index (κ1) is 19.8. The van der Waals surface area contributed by atoms with Crippen LogP contribution in [0, 0.1) is 0 Å². The number of rotatable bonds is 3. The van der Waals surface area contributed by atoms with E-state index in [1.165, 1.54) is 0 Å². The van der Waals surface area contributed by atoms with Gasteiger partial charge in [-0.1, -0.05) is 17.7 Å². The molecular weight excluding hydrogens is 440 g/mol. The molecule has 0 aromatic carbocycles. The van der Waals surface area contributed by atoms with Gasteiger partial charge in [-0.25, -0.2) is 14.0 Å². The smallest absolute Gasteiger partial charge is 0.258 e. The Kier molecular flexibility index (Phi) is 4.41. The lowest BCUT2D eigenvalue weighted by Crippen LogP contribution is -2.41. The molecule has 1 aliphatic heterocycles. The maximum absolute atomic E-state index is 13.9. The van der Waals surface area contributed by atoms with Gasteiger partial charge in [-0.3, -0.25) is 4.79 Å². The Morgan fingerprint density at radius 3 is 2.94 bits per heavy atom. The maximum Gasteiger partial charge on any atom is 0.258 e. The molecule has 5 aromatic heterocycles. The molecule has 0 saturated carbocycles. The number of nitrogens with one attached hydrogen (secondary N) is 1. The zero-order chi connectivity index (χ0) is 22.7. The van der Waals surface area contributed by atoms with Crippen molar-refractivity contribution < 1.29 is 4.79 Å². The van der Waals surface area contributed by atoms with Crippen LogP contribution in [0.15, 0.2) is 55.1 Å². The molecule has 5 aromatic rings. The summed E-state index contributed by atoms with van der Waals surface area (Å²) >= 11 is 6.35. The summed E-state index contributed by atoms with van der Waals surface area (Å²) in [6, 6.07) is 11.1. The Labute approximate surface area is 194 Å². The van der Waals surface area contributed by atoms with Crippen LogP contribution >= 0.6 is 11.6 Å². The summed E-state index contributed by atoms with van der Waals surface area (Å²) in [6.45, 7) is 0.535. The average molecular weight is 461 g/mol. The molecule has 1 N–H and O–H groups in total. The topological polar surface area (TPSA) is 86.8 Å². The summed E-state index contributed by atoms with van der Waals surface area (Å²) in [4.78, 5) is 25.4. The van der Waals surface area contributed by atoms with E-state index in [-0.39, 0.29) is 5.91 Å². The molecule has 0 saturated heterocycles.